The molecule has 3 aliphatic rings. The molecule has 0 radical (unpaired) electrons. The van der Waals surface area contributed by atoms with E-state index in [-0.39, 0.29) is 33.5 Å². The SMILES string of the molecule is CN[C@H](C(=O)O)C(=O)OC[C@@H]1O[C@H](Oc2ccc3c(=O)c(-c4ccc(O)cc4)coc3c2)[C@@H](O[NH+]2C=C3N=CC=C3C2)[C@@](O)(CO)[C@H]1O. The molecule has 16 nitrogen and oxygen atoms in total. The number of nitrogens with one attached hydrogen (secondary N) is 2. The number of carboxylic acids is 1. The molecule has 4 heterocycles. The summed E-state index contributed by atoms with van der Waals surface area (Å²) in [6.45, 7) is -1.48. The van der Waals surface area contributed by atoms with E-state index in [1.165, 1.54) is 43.6 Å². The van der Waals surface area contributed by atoms with Crippen LogP contribution in [-0.4, -0.2) is 107 Å². The molecule has 0 aliphatic carbocycles. The highest BCUT2D eigenvalue weighted by Crippen LogP contribution is 2.34. The summed E-state index contributed by atoms with van der Waals surface area (Å²) in [5.74, 6) is -2.57. The van der Waals surface area contributed by atoms with Crippen molar-refractivity contribution in [2.24, 2.45) is 4.99 Å². The van der Waals surface area contributed by atoms with Gasteiger partial charge >= 0.3 is 11.9 Å². The third kappa shape index (κ3) is 6.20. The average molecular weight is 667 g/mol. The number of allylic oxidation sites excluding steroid dienone is 1. The Labute approximate surface area is 271 Å². The first-order valence-electron chi connectivity index (χ1n) is 14.7. The number of aromatic hydroxyl groups is 1. The van der Waals surface area contributed by atoms with Gasteiger partial charge in [0.05, 0.1) is 17.6 Å². The fraction of sp³-hybridized carbons (Fsp3) is 0.312. The number of phenols is 1. The molecule has 252 valence electrons. The van der Waals surface area contributed by atoms with Gasteiger partial charge in [-0.15, -0.1) is 0 Å². The fourth-order valence-electron chi connectivity index (χ4n) is 5.64. The number of esters is 1. The van der Waals surface area contributed by atoms with E-state index in [2.05, 4.69) is 10.3 Å². The number of rotatable bonds is 11. The van der Waals surface area contributed by atoms with E-state index in [1.807, 2.05) is 0 Å². The van der Waals surface area contributed by atoms with E-state index in [0.717, 1.165) is 5.57 Å². The molecule has 48 heavy (non-hydrogen) atoms. The number of aliphatic carboxylic acids is 1. The van der Waals surface area contributed by atoms with E-state index < -0.39 is 61.4 Å². The molecular weight excluding hydrogens is 634 g/mol. The van der Waals surface area contributed by atoms with Crippen LogP contribution < -0.4 is 20.5 Å². The highest BCUT2D eigenvalue weighted by Gasteiger charge is 2.60. The number of phenolic OH excluding ortho intramolecular Hbond substituents is 1. The Balaban J connectivity index is 1.30. The predicted octanol–water partition coefficient (Wildman–Crippen LogP) is -1.38. The van der Waals surface area contributed by atoms with Gasteiger partial charge in [-0.1, -0.05) is 12.1 Å². The van der Waals surface area contributed by atoms with Crippen molar-refractivity contribution in [3.8, 4) is 22.6 Å². The number of nitrogens with zero attached hydrogens (tertiary/aromatic N) is 1. The number of carbonyl (C=O) groups is 2. The maximum Gasteiger partial charge on any atom is 0.334 e. The summed E-state index contributed by atoms with van der Waals surface area (Å²) < 4.78 is 22.9. The van der Waals surface area contributed by atoms with Crippen molar-refractivity contribution in [3.05, 3.63) is 82.5 Å². The van der Waals surface area contributed by atoms with Gasteiger partial charge in [-0.3, -0.25) is 15.1 Å². The molecule has 0 bridgehead atoms. The first-order valence-corrected chi connectivity index (χ1v) is 14.7. The van der Waals surface area contributed by atoms with Crippen molar-refractivity contribution in [2.45, 2.75) is 36.2 Å². The number of benzene rings is 2. The number of hydroxylamine groups is 2. The number of hydrogen-bond donors (Lipinski definition) is 7. The minimum Gasteiger partial charge on any atom is -0.508 e. The average Bonchev–Trinajstić information content (AvgIpc) is 3.67. The van der Waals surface area contributed by atoms with E-state index in [4.69, 9.17) is 23.5 Å². The summed E-state index contributed by atoms with van der Waals surface area (Å²) in [7, 11) is 1.24. The Kier molecular flexibility index (Phi) is 9.13. The number of likely N-dealkylation sites (N-methyl/N-ethyl adjacent to an activating group) is 1. The second-order valence-corrected chi connectivity index (χ2v) is 11.3. The van der Waals surface area contributed by atoms with Crippen molar-refractivity contribution >= 4 is 29.1 Å². The van der Waals surface area contributed by atoms with Crippen LogP contribution in [0.5, 0.6) is 11.5 Å². The van der Waals surface area contributed by atoms with Crippen LogP contribution in [0.1, 0.15) is 0 Å². The number of hydrogen-bond acceptors (Lipinski definition) is 14. The Bertz CT molecular complexity index is 1870. The second-order valence-electron chi connectivity index (χ2n) is 11.3. The van der Waals surface area contributed by atoms with Gasteiger partial charge < -0.3 is 44.2 Å². The molecule has 0 amide bonds. The lowest BCUT2D eigenvalue weighted by atomic mass is 9.84. The molecule has 2 aromatic carbocycles. The molecule has 16 heteroatoms. The quantitative estimate of drug-likeness (QED) is 0.0924. The third-order valence-corrected chi connectivity index (χ3v) is 8.26. The third-order valence-electron chi connectivity index (χ3n) is 8.26. The molecule has 1 fully saturated rings. The van der Waals surface area contributed by atoms with Gasteiger partial charge in [0.15, 0.2) is 17.2 Å². The van der Waals surface area contributed by atoms with Crippen molar-refractivity contribution < 1.29 is 63.7 Å². The summed E-state index contributed by atoms with van der Waals surface area (Å²) in [5, 5.41) is 54.9. The lowest BCUT2D eigenvalue weighted by molar-refractivity contribution is -1.05. The van der Waals surface area contributed by atoms with Crippen molar-refractivity contribution in [1.29, 1.82) is 0 Å². The van der Waals surface area contributed by atoms with E-state index in [0.29, 0.717) is 22.9 Å². The van der Waals surface area contributed by atoms with E-state index in [9.17, 15) is 39.9 Å². The molecule has 7 atom stereocenters. The molecule has 1 unspecified atom stereocenters. The number of aliphatic hydroxyl groups is 3. The summed E-state index contributed by atoms with van der Waals surface area (Å²) in [4.78, 5) is 47.4. The fourth-order valence-corrected chi connectivity index (χ4v) is 5.64. The van der Waals surface area contributed by atoms with E-state index in [1.54, 1.807) is 30.6 Å². The normalized spacial score (nSPS) is 26.9. The second kappa shape index (κ2) is 13.3. The smallest absolute Gasteiger partial charge is 0.334 e. The number of quaternary nitrogens is 1. The molecule has 1 saturated heterocycles. The topological polar surface area (TPSA) is 231 Å². The Morgan fingerprint density at radius 3 is 2.67 bits per heavy atom. The Morgan fingerprint density at radius 2 is 1.98 bits per heavy atom. The zero-order chi connectivity index (χ0) is 34.2. The van der Waals surface area contributed by atoms with Crippen molar-refractivity contribution in [3.63, 3.8) is 0 Å². The standard InChI is InChI=1S/C32H31N3O13/c1-33-25(29(40)41)30(42)45-14-24-27(39)32(43,15-36)28(48-35-11-17-8-9-34-22(17)12-35)31(47-24)46-19-6-7-20-23(10-19)44-13-21(26(20)38)16-2-4-18(37)5-3-16/h2-10,12-13,24-25,27-28,31,33,36-37,39,43H,11,14-15H2,1H3,(H,40,41)/p+1/t24-,25+,27-,28+,31-,32+/m0/s1. The molecule has 3 aliphatic heterocycles. The molecule has 0 saturated carbocycles. The lowest BCUT2D eigenvalue weighted by Crippen LogP contribution is -3.07. The molecule has 1 aromatic heterocycles. The Hall–Kier alpha value is -4.94. The molecule has 7 N–H and O–H groups in total. The molecule has 3 aromatic rings. The van der Waals surface area contributed by atoms with Crippen LogP contribution in [0.3, 0.4) is 0 Å². The zero-order valence-corrected chi connectivity index (χ0v) is 25.3. The highest BCUT2D eigenvalue weighted by atomic mass is 16.8. The van der Waals surface area contributed by atoms with Crippen LogP contribution in [0, 0.1) is 0 Å². The van der Waals surface area contributed by atoms with E-state index >= 15 is 0 Å². The first-order chi connectivity index (χ1) is 23.0. The first kappa shape index (κ1) is 33.0. The summed E-state index contributed by atoms with van der Waals surface area (Å²) >= 11 is 0. The van der Waals surface area contributed by atoms with Crippen LogP contribution in [0.25, 0.3) is 22.1 Å². The summed E-state index contributed by atoms with van der Waals surface area (Å²) in [5.41, 5.74) is -0.374. The van der Waals surface area contributed by atoms with Crippen LogP contribution in [0.2, 0.25) is 0 Å². The molecule has 6 rings (SSSR count). The van der Waals surface area contributed by atoms with Crippen molar-refractivity contribution in [2.75, 3.05) is 26.8 Å². The molecular formula is C32H32N3O13+. The van der Waals surface area contributed by atoms with Gasteiger partial charge in [0.1, 0.15) is 54.4 Å². The van der Waals surface area contributed by atoms with Gasteiger partial charge in [0.2, 0.25) is 18.4 Å². The zero-order valence-electron chi connectivity index (χ0n) is 25.3. The van der Waals surface area contributed by atoms with Gasteiger partial charge in [0.25, 0.3) is 0 Å². The number of carbonyl (C=O) groups excluding carboxylic acids is 1. The number of fused-ring (bicyclic) bond motifs is 2. The van der Waals surface area contributed by atoms with Gasteiger partial charge in [-0.2, -0.15) is 9.90 Å². The largest absolute Gasteiger partial charge is 0.508 e. The van der Waals surface area contributed by atoms with Crippen molar-refractivity contribution in [1.82, 2.24) is 5.32 Å². The molecule has 0 spiro atoms. The van der Waals surface area contributed by atoms with Crippen LogP contribution in [0.4, 0.5) is 0 Å². The maximum absolute atomic E-state index is 13.3. The van der Waals surface area contributed by atoms with Gasteiger partial charge in [-0.05, 0) is 43.0 Å². The highest BCUT2D eigenvalue weighted by molar-refractivity contribution is 5.98. The minimum absolute atomic E-state index is 0.0396. The van der Waals surface area contributed by atoms with Gasteiger partial charge in [0, 0.05) is 17.9 Å². The number of carboxylic acid groups (broad SMARTS) is 1. The monoisotopic (exact) mass is 666 g/mol. The summed E-state index contributed by atoms with van der Waals surface area (Å²) in [6, 6.07) is 8.62. The van der Waals surface area contributed by atoms with Gasteiger partial charge in [-0.25, -0.2) is 9.59 Å². The van der Waals surface area contributed by atoms with Crippen LogP contribution in [-0.2, 0) is 23.9 Å². The number of aliphatic hydroxyl groups excluding tert-OH is 2. The summed E-state index contributed by atoms with van der Waals surface area (Å²) in [6.07, 6.45) is -0.252. The predicted molar refractivity (Wildman–Crippen MR) is 164 cm³/mol. The number of ether oxygens (including phenoxy) is 3. The van der Waals surface area contributed by atoms with Crippen LogP contribution in [0.15, 0.2) is 86.5 Å². The van der Waals surface area contributed by atoms with Crippen LogP contribution >= 0.6 is 0 Å². The Morgan fingerprint density at radius 1 is 1.21 bits per heavy atom. The minimum atomic E-state index is -2.45. The maximum atomic E-state index is 13.3. The number of aliphatic imine (C=N–C) groups is 1. The lowest BCUT2D eigenvalue weighted by Gasteiger charge is -2.47.